The number of hydrogen-bond donors (Lipinski definition) is 1. The van der Waals surface area contributed by atoms with Crippen molar-refractivity contribution in [2.45, 2.75) is 26.8 Å². The van der Waals surface area contributed by atoms with Crippen LogP contribution in [-0.4, -0.2) is 45.2 Å². The van der Waals surface area contributed by atoms with Gasteiger partial charge < -0.3 is 24.3 Å². The molecule has 1 N–H and O–H groups in total. The Morgan fingerprint density at radius 3 is 2.18 bits per heavy atom. The molecule has 0 aliphatic rings. The van der Waals surface area contributed by atoms with Crippen LogP contribution >= 0.6 is 23.2 Å². The summed E-state index contributed by atoms with van der Waals surface area (Å²) in [6.07, 6.45) is 0. The number of Topliss-reactive ketones (excluding diaryl/α,β-unsaturated/α-hetero) is 1. The molecule has 0 spiro atoms. The predicted molar refractivity (Wildman–Crippen MR) is 126 cm³/mol. The van der Waals surface area contributed by atoms with Crippen LogP contribution in [-0.2, 0) is 9.59 Å². The zero-order valence-corrected chi connectivity index (χ0v) is 20.4. The first-order chi connectivity index (χ1) is 15.8. The number of benzene rings is 2. The van der Waals surface area contributed by atoms with Crippen molar-refractivity contribution in [3.8, 4) is 23.0 Å². The van der Waals surface area contributed by atoms with Crippen LogP contribution in [0, 0.1) is 0 Å². The van der Waals surface area contributed by atoms with Crippen LogP contribution in [0.3, 0.4) is 0 Å². The summed E-state index contributed by atoms with van der Waals surface area (Å²) in [5.41, 5.74) is 0.392. The fraction of sp³-hybridized carbons (Fsp3) is 0.364. The van der Waals surface area contributed by atoms with E-state index in [1.165, 1.54) is 33.3 Å². The molecule has 2 rings (SSSR count). The van der Waals surface area contributed by atoms with E-state index < -0.39 is 17.7 Å². The second-order valence-electron chi connectivity index (χ2n) is 6.49. The first-order valence-electron chi connectivity index (χ1n) is 9.99. The lowest BCUT2D eigenvalue weighted by molar-refractivity contribution is -0.126. The monoisotopic (exact) mass is 497 g/mol. The molecule has 0 heterocycles. The Labute approximate surface area is 202 Å². The standard InChI is InChI=1S/C22H25Cl2N3O6/c1-6-32-16-9-8-13(23)21(33-7-2)20(16)27-26-19(12(3)28)22(29)25-15-11-18(31-5)17(30-4)10-14(15)24/h8-11,19H,6-7H2,1-5H3,(H,25,29). The molecule has 2 aromatic carbocycles. The number of nitrogens with one attached hydrogen (secondary N) is 1. The maximum absolute atomic E-state index is 12.9. The number of carbonyl (C=O) groups is 2. The molecule has 0 aliphatic carbocycles. The van der Waals surface area contributed by atoms with Crippen LogP contribution in [0.15, 0.2) is 34.5 Å². The highest BCUT2D eigenvalue weighted by atomic mass is 35.5. The zero-order valence-electron chi connectivity index (χ0n) is 18.9. The average molecular weight is 498 g/mol. The van der Waals surface area contributed by atoms with E-state index >= 15 is 0 Å². The Morgan fingerprint density at radius 1 is 0.970 bits per heavy atom. The Balaban J connectivity index is 2.40. The Morgan fingerprint density at radius 2 is 1.61 bits per heavy atom. The fourth-order valence-corrected chi connectivity index (χ4v) is 3.17. The molecule has 1 amide bonds. The molecule has 0 saturated carbocycles. The van der Waals surface area contributed by atoms with Gasteiger partial charge in [-0.15, -0.1) is 5.11 Å². The molecule has 1 atom stereocenters. The van der Waals surface area contributed by atoms with Gasteiger partial charge in [-0.3, -0.25) is 9.59 Å². The van der Waals surface area contributed by atoms with Gasteiger partial charge in [0, 0.05) is 12.1 Å². The summed E-state index contributed by atoms with van der Waals surface area (Å²) in [4.78, 5) is 25.1. The highest BCUT2D eigenvalue weighted by Crippen LogP contribution is 2.43. The number of hydrogen-bond acceptors (Lipinski definition) is 8. The molecule has 178 valence electrons. The van der Waals surface area contributed by atoms with Crippen LogP contribution in [0.5, 0.6) is 23.0 Å². The SMILES string of the molecule is CCOc1ccc(Cl)c(OCC)c1N=NC(C(C)=O)C(=O)Nc1cc(OC)c(OC)cc1Cl. The minimum absolute atomic E-state index is 0.175. The van der Waals surface area contributed by atoms with Gasteiger partial charge in [0.1, 0.15) is 0 Å². The molecular weight excluding hydrogens is 473 g/mol. The summed E-state index contributed by atoms with van der Waals surface area (Å²) in [6, 6.07) is 4.71. The number of halogens is 2. The van der Waals surface area contributed by atoms with Gasteiger partial charge in [-0.05, 0) is 32.9 Å². The molecule has 0 saturated heterocycles. The molecule has 0 fully saturated rings. The molecule has 1 unspecified atom stereocenters. The summed E-state index contributed by atoms with van der Waals surface area (Å²) in [5, 5.41) is 11.1. The first kappa shape index (κ1) is 26.2. The second kappa shape index (κ2) is 12.3. The number of ether oxygens (including phenoxy) is 4. The maximum Gasteiger partial charge on any atom is 0.258 e. The van der Waals surface area contributed by atoms with Gasteiger partial charge in [0.2, 0.25) is 6.04 Å². The van der Waals surface area contributed by atoms with Crippen LogP contribution in [0.1, 0.15) is 20.8 Å². The first-order valence-corrected chi connectivity index (χ1v) is 10.7. The molecule has 0 aliphatic heterocycles. The number of carbonyl (C=O) groups excluding carboxylic acids is 2. The third-order valence-electron chi connectivity index (χ3n) is 4.27. The van der Waals surface area contributed by atoms with Crippen molar-refractivity contribution in [3.05, 3.63) is 34.3 Å². The Hall–Kier alpha value is -3.04. The lowest BCUT2D eigenvalue weighted by atomic mass is 10.2. The van der Waals surface area contributed by atoms with Crippen LogP contribution in [0.2, 0.25) is 10.0 Å². The van der Waals surface area contributed by atoms with Gasteiger partial charge in [-0.25, -0.2) is 0 Å². The van der Waals surface area contributed by atoms with Gasteiger partial charge in [-0.1, -0.05) is 23.2 Å². The molecule has 0 aromatic heterocycles. The minimum Gasteiger partial charge on any atom is -0.493 e. The summed E-state index contributed by atoms with van der Waals surface area (Å²) >= 11 is 12.5. The molecule has 11 heteroatoms. The molecular formula is C22H25Cl2N3O6. The lowest BCUT2D eigenvalue weighted by Crippen LogP contribution is -2.32. The number of ketones is 1. The van der Waals surface area contributed by atoms with E-state index in [1.54, 1.807) is 26.0 Å². The van der Waals surface area contributed by atoms with E-state index in [0.717, 1.165) is 0 Å². The smallest absolute Gasteiger partial charge is 0.258 e. The van der Waals surface area contributed by atoms with E-state index in [1.807, 2.05) is 0 Å². The number of amides is 1. The van der Waals surface area contributed by atoms with Gasteiger partial charge in [0.05, 0.1) is 43.2 Å². The molecule has 0 radical (unpaired) electrons. The summed E-state index contributed by atoms with van der Waals surface area (Å²) in [7, 11) is 2.91. The largest absolute Gasteiger partial charge is 0.493 e. The summed E-state index contributed by atoms with van der Waals surface area (Å²) in [5.74, 6) is 0.0411. The third-order valence-corrected chi connectivity index (χ3v) is 4.88. The second-order valence-corrected chi connectivity index (χ2v) is 7.31. The van der Waals surface area contributed by atoms with E-state index in [2.05, 4.69) is 15.5 Å². The van der Waals surface area contributed by atoms with Gasteiger partial charge >= 0.3 is 0 Å². The van der Waals surface area contributed by atoms with Crippen molar-refractivity contribution in [2.75, 3.05) is 32.8 Å². The van der Waals surface area contributed by atoms with Crippen molar-refractivity contribution < 1.29 is 28.5 Å². The number of nitrogens with zero attached hydrogens (tertiary/aromatic N) is 2. The minimum atomic E-state index is -1.46. The summed E-state index contributed by atoms with van der Waals surface area (Å²) < 4.78 is 21.5. The average Bonchev–Trinajstić information content (AvgIpc) is 2.78. The fourth-order valence-electron chi connectivity index (χ4n) is 2.76. The maximum atomic E-state index is 12.9. The lowest BCUT2D eigenvalue weighted by Gasteiger charge is -2.15. The van der Waals surface area contributed by atoms with E-state index in [4.69, 9.17) is 42.1 Å². The normalized spacial score (nSPS) is 11.7. The highest BCUT2D eigenvalue weighted by molar-refractivity contribution is 6.34. The molecule has 0 bridgehead atoms. The van der Waals surface area contributed by atoms with E-state index in [0.29, 0.717) is 30.5 Å². The van der Waals surface area contributed by atoms with Gasteiger partial charge in [0.25, 0.3) is 5.91 Å². The van der Waals surface area contributed by atoms with Gasteiger partial charge in [-0.2, -0.15) is 5.11 Å². The van der Waals surface area contributed by atoms with Crippen molar-refractivity contribution in [3.63, 3.8) is 0 Å². The summed E-state index contributed by atoms with van der Waals surface area (Å²) in [6.45, 7) is 5.47. The quantitative estimate of drug-likeness (QED) is 0.324. The molecule has 33 heavy (non-hydrogen) atoms. The van der Waals surface area contributed by atoms with Crippen LogP contribution in [0.25, 0.3) is 0 Å². The number of anilines is 1. The van der Waals surface area contributed by atoms with Gasteiger partial charge in [0.15, 0.2) is 34.5 Å². The zero-order chi connectivity index (χ0) is 24.5. The molecule has 9 nitrogen and oxygen atoms in total. The van der Waals surface area contributed by atoms with Crippen LogP contribution in [0.4, 0.5) is 11.4 Å². The number of azo groups is 1. The van der Waals surface area contributed by atoms with Crippen molar-refractivity contribution in [1.82, 2.24) is 0 Å². The predicted octanol–water partition coefficient (Wildman–Crippen LogP) is 5.49. The number of rotatable bonds is 11. The Kier molecular flexibility index (Phi) is 9.74. The third kappa shape index (κ3) is 6.49. The van der Waals surface area contributed by atoms with E-state index in [9.17, 15) is 9.59 Å². The van der Waals surface area contributed by atoms with Crippen LogP contribution < -0.4 is 24.3 Å². The van der Waals surface area contributed by atoms with Crippen molar-refractivity contribution in [1.29, 1.82) is 0 Å². The topological polar surface area (TPSA) is 108 Å². The molecule has 2 aromatic rings. The number of methoxy groups -OCH3 is 2. The van der Waals surface area contributed by atoms with Crippen molar-refractivity contribution >= 4 is 46.3 Å². The van der Waals surface area contributed by atoms with Crippen molar-refractivity contribution in [2.24, 2.45) is 10.2 Å². The Bertz CT molecular complexity index is 1050. The van der Waals surface area contributed by atoms with E-state index in [-0.39, 0.29) is 27.2 Å². The highest BCUT2D eigenvalue weighted by Gasteiger charge is 2.25.